The van der Waals surface area contributed by atoms with Crippen LogP contribution in [0.5, 0.6) is 0 Å². The Morgan fingerprint density at radius 2 is 2.64 bits per heavy atom. The normalized spacial score (nSPS) is 16.5. The largest absolute Gasteiger partial charge is 0.375 e. The lowest BCUT2D eigenvalue weighted by Crippen LogP contribution is -2.12. The smallest absolute Gasteiger partial charge is 0.0952 e. The third kappa shape index (κ3) is 1.05. The number of aromatic nitrogens is 2. The van der Waals surface area contributed by atoms with Crippen molar-refractivity contribution in [2.45, 2.75) is 26.5 Å². The molecule has 2 rings (SSSR count). The minimum absolute atomic E-state index is 0.697. The number of nitrogens with zero attached hydrogens (tertiary/aromatic N) is 2. The Morgan fingerprint density at radius 3 is 3.45 bits per heavy atom. The van der Waals surface area contributed by atoms with E-state index in [4.69, 9.17) is 4.74 Å². The molecule has 0 saturated heterocycles. The highest BCUT2D eigenvalue weighted by Crippen LogP contribution is 2.14. The van der Waals surface area contributed by atoms with Crippen molar-refractivity contribution in [1.29, 1.82) is 0 Å². The molecule has 0 radical (unpaired) electrons. The number of fused-ring (bicyclic) bond motifs is 1. The van der Waals surface area contributed by atoms with Crippen LogP contribution in [0.25, 0.3) is 0 Å². The van der Waals surface area contributed by atoms with E-state index in [1.807, 2.05) is 6.33 Å². The van der Waals surface area contributed by atoms with E-state index < -0.39 is 0 Å². The van der Waals surface area contributed by atoms with Crippen molar-refractivity contribution in [3.8, 4) is 0 Å². The molecular weight excluding hydrogens is 140 g/mol. The molecule has 0 bridgehead atoms. The Hall–Kier alpha value is -0.830. The van der Waals surface area contributed by atoms with Gasteiger partial charge in [0, 0.05) is 18.7 Å². The van der Waals surface area contributed by atoms with Crippen molar-refractivity contribution in [3.05, 3.63) is 17.7 Å². The number of ether oxygens (including phenoxy) is 1. The first-order valence-corrected chi connectivity index (χ1v) is 4.02. The molecule has 0 fully saturated rings. The molecule has 11 heavy (non-hydrogen) atoms. The Bertz CT molecular complexity index is 241. The lowest BCUT2D eigenvalue weighted by molar-refractivity contribution is 0.106. The molecule has 1 aliphatic rings. The molecule has 0 saturated carbocycles. The first kappa shape index (κ1) is 6.85. The van der Waals surface area contributed by atoms with Gasteiger partial charge in [0.1, 0.15) is 0 Å². The summed E-state index contributed by atoms with van der Waals surface area (Å²) >= 11 is 0. The second-order valence-corrected chi connectivity index (χ2v) is 2.73. The molecule has 0 spiro atoms. The maximum atomic E-state index is 5.28. The summed E-state index contributed by atoms with van der Waals surface area (Å²) in [6.45, 7) is 4.70. The van der Waals surface area contributed by atoms with E-state index in [2.05, 4.69) is 16.5 Å². The topological polar surface area (TPSA) is 27.1 Å². The Kier molecular flexibility index (Phi) is 1.66. The average molecular weight is 152 g/mol. The SMILES string of the molecule is CCn1cnc2c1CCOC2. The maximum Gasteiger partial charge on any atom is 0.0952 e. The van der Waals surface area contributed by atoms with Crippen molar-refractivity contribution in [1.82, 2.24) is 9.55 Å². The van der Waals surface area contributed by atoms with E-state index >= 15 is 0 Å². The van der Waals surface area contributed by atoms with Crippen molar-refractivity contribution < 1.29 is 4.74 Å². The van der Waals surface area contributed by atoms with E-state index in [1.54, 1.807) is 0 Å². The molecule has 0 atom stereocenters. The van der Waals surface area contributed by atoms with Gasteiger partial charge in [-0.15, -0.1) is 0 Å². The van der Waals surface area contributed by atoms with Gasteiger partial charge in [-0.25, -0.2) is 4.98 Å². The van der Waals surface area contributed by atoms with Crippen LogP contribution in [0.3, 0.4) is 0 Å². The van der Waals surface area contributed by atoms with Gasteiger partial charge in [0.15, 0.2) is 0 Å². The van der Waals surface area contributed by atoms with Crippen LogP contribution < -0.4 is 0 Å². The zero-order valence-corrected chi connectivity index (χ0v) is 6.71. The van der Waals surface area contributed by atoms with Crippen molar-refractivity contribution >= 4 is 0 Å². The van der Waals surface area contributed by atoms with Crippen LogP contribution >= 0.6 is 0 Å². The molecular formula is C8H12N2O. The monoisotopic (exact) mass is 152 g/mol. The molecule has 0 N–H and O–H groups in total. The van der Waals surface area contributed by atoms with Crippen LogP contribution in [-0.2, 0) is 24.3 Å². The predicted molar refractivity (Wildman–Crippen MR) is 41.3 cm³/mol. The zero-order chi connectivity index (χ0) is 7.68. The van der Waals surface area contributed by atoms with Gasteiger partial charge < -0.3 is 9.30 Å². The predicted octanol–water partition coefficient (Wildman–Crippen LogP) is 0.976. The lowest BCUT2D eigenvalue weighted by Gasteiger charge is -2.13. The minimum atomic E-state index is 0.697. The number of imidazole rings is 1. The molecule has 1 aromatic heterocycles. The van der Waals surface area contributed by atoms with Gasteiger partial charge in [-0.05, 0) is 6.92 Å². The molecule has 3 heteroatoms. The molecule has 0 unspecified atom stereocenters. The highest BCUT2D eigenvalue weighted by Gasteiger charge is 2.13. The lowest BCUT2D eigenvalue weighted by atomic mass is 10.2. The van der Waals surface area contributed by atoms with Gasteiger partial charge in [0.2, 0.25) is 0 Å². The summed E-state index contributed by atoms with van der Waals surface area (Å²) in [6.07, 6.45) is 2.92. The Morgan fingerprint density at radius 1 is 1.73 bits per heavy atom. The van der Waals surface area contributed by atoms with Crippen molar-refractivity contribution in [2.24, 2.45) is 0 Å². The van der Waals surface area contributed by atoms with E-state index in [-0.39, 0.29) is 0 Å². The first-order valence-electron chi connectivity index (χ1n) is 4.02. The fourth-order valence-electron chi connectivity index (χ4n) is 1.47. The standard InChI is InChI=1S/C8H12N2O/c1-2-10-6-9-7-5-11-4-3-8(7)10/h6H,2-5H2,1H3. The maximum absolute atomic E-state index is 5.28. The van der Waals surface area contributed by atoms with Crippen LogP contribution in [0.2, 0.25) is 0 Å². The van der Waals surface area contributed by atoms with Crippen LogP contribution in [0.4, 0.5) is 0 Å². The molecule has 60 valence electrons. The van der Waals surface area contributed by atoms with E-state index in [9.17, 15) is 0 Å². The van der Waals surface area contributed by atoms with Crippen LogP contribution in [0, 0.1) is 0 Å². The summed E-state index contributed by atoms with van der Waals surface area (Å²) in [6, 6.07) is 0. The molecule has 0 aromatic carbocycles. The van der Waals surface area contributed by atoms with E-state index in [0.29, 0.717) is 6.61 Å². The van der Waals surface area contributed by atoms with Gasteiger partial charge in [0.25, 0.3) is 0 Å². The fraction of sp³-hybridized carbons (Fsp3) is 0.625. The van der Waals surface area contributed by atoms with Gasteiger partial charge >= 0.3 is 0 Å². The van der Waals surface area contributed by atoms with Gasteiger partial charge in [-0.3, -0.25) is 0 Å². The van der Waals surface area contributed by atoms with Crippen LogP contribution in [-0.4, -0.2) is 16.2 Å². The zero-order valence-electron chi connectivity index (χ0n) is 6.71. The van der Waals surface area contributed by atoms with Gasteiger partial charge in [0.05, 0.1) is 25.2 Å². The van der Waals surface area contributed by atoms with Crippen molar-refractivity contribution in [2.75, 3.05) is 6.61 Å². The molecule has 2 heterocycles. The summed E-state index contributed by atoms with van der Waals surface area (Å²) in [7, 11) is 0. The quantitative estimate of drug-likeness (QED) is 0.599. The Labute approximate surface area is 66.0 Å². The third-order valence-corrected chi connectivity index (χ3v) is 2.10. The summed E-state index contributed by atoms with van der Waals surface area (Å²) in [5, 5.41) is 0. The second kappa shape index (κ2) is 2.66. The van der Waals surface area contributed by atoms with Crippen LogP contribution in [0.1, 0.15) is 18.3 Å². The fourth-order valence-corrected chi connectivity index (χ4v) is 1.47. The minimum Gasteiger partial charge on any atom is -0.375 e. The third-order valence-electron chi connectivity index (χ3n) is 2.10. The summed E-state index contributed by atoms with van der Waals surface area (Å²) in [5.41, 5.74) is 2.48. The molecule has 3 nitrogen and oxygen atoms in total. The second-order valence-electron chi connectivity index (χ2n) is 2.73. The van der Waals surface area contributed by atoms with Gasteiger partial charge in [-0.1, -0.05) is 0 Å². The highest BCUT2D eigenvalue weighted by atomic mass is 16.5. The molecule has 0 amide bonds. The number of hydrogen-bond donors (Lipinski definition) is 0. The summed E-state index contributed by atoms with van der Waals surface area (Å²) in [5.74, 6) is 0. The van der Waals surface area contributed by atoms with Crippen molar-refractivity contribution in [3.63, 3.8) is 0 Å². The summed E-state index contributed by atoms with van der Waals surface area (Å²) < 4.78 is 7.47. The molecule has 1 aliphatic heterocycles. The number of hydrogen-bond acceptors (Lipinski definition) is 2. The summed E-state index contributed by atoms with van der Waals surface area (Å²) in [4.78, 5) is 4.27. The molecule has 0 aliphatic carbocycles. The Balaban J connectivity index is 2.38. The van der Waals surface area contributed by atoms with E-state index in [1.165, 1.54) is 5.69 Å². The number of rotatable bonds is 1. The highest BCUT2D eigenvalue weighted by molar-refractivity contribution is 5.14. The average Bonchev–Trinajstić information content (AvgIpc) is 2.47. The van der Waals surface area contributed by atoms with Gasteiger partial charge in [-0.2, -0.15) is 0 Å². The first-order chi connectivity index (χ1) is 5.42. The van der Waals surface area contributed by atoms with Crippen LogP contribution in [0.15, 0.2) is 6.33 Å². The molecule has 1 aromatic rings. The van der Waals surface area contributed by atoms with E-state index in [0.717, 1.165) is 25.3 Å². The number of aryl methyl sites for hydroxylation is 1.